The Balaban J connectivity index is 2.78. The molecular formula is C8H9N3S. The van der Waals surface area contributed by atoms with Crippen LogP contribution >= 0.6 is 11.3 Å². The molecule has 2 rings (SSSR count). The molecule has 0 aliphatic rings. The standard InChI is InChI=1S/C8H9N3S/c1-5-3-6-7(9-2)10-4-11-8(6)12-5/h3-4H,1-2H3,(H,9,10,11). The summed E-state index contributed by atoms with van der Waals surface area (Å²) in [4.78, 5) is 10.6. The molecule has 0 amide bonds. The number of anilines is 1. The highest BCUT2D eigenvalue weighted by atomic mass is 32.1. The van der Waals surface area contributed by atoms with Gasteiger partial charge in [0, 0.05) is 11.9 Å². The highest BCUT2D eigenvalue weighted by Crippen LogP contribution is 2.26. The third-order valence-electron chi connectivity index (χ3n) is 1.69. The number of rotatable bonds is 1. The van der Waals surface area contributed by atoms with Crippen molar-refractivity contribution in [3.05, 3.63) is 17.3 Å². The summed E-state index contributed by atoms with van der Waals surface area (Å²) in [5.74, 6) is 0.907. The van der Waals surface area contributed by atoms with E-state index in [0.717, 1.165) is 16.0 Å². The zero-order valence-corrected chi connectivity index (χ0v) is 7.77. The van der Waals surface area contributed by atoms with Crippen LogP contribution in [-0.2, 0) is 0 Å². The van der Waals surface area contributed by atoms with Crippen LogP contribution in [0.2, 0.25) is 0 Å². The van der Waals surface area contributed by atoms with Gasteiger partial charge in [0.25, 0.3) is 0 Å². The fourth-order valence-corrected chi connectivity index (χ4v) is 2.02. The number of aryl methyl sites for hydroxylation is 1. The highest BCUT2D eigenvalue weighted by Gasteiger charge is 2.03. The zero-order chi connectivity index (χ0) is 8.55. The van der Waals surface area contributed by atoms with Crippen molar-refractivity contribution in [2.75, 3.05) is 12.4 Å². The molecular weight excluding hydrogens is 170 g/mol. The van der Waals surface area contributed by atoms with E-state index in [9.17, 15) is 0 Å². The van der Waals surface area contributed by atoms with Gasteiger partial charge in [0.1, 0.15) is 17.0 Å². The summed E-state index contributed by atoms with van der Waals surface area (Å²) in [5.41, 5.74) is 0. The van der Waals surface area contributed by atoms with Crippen LogP contribution in [0.3, 0.4) is 0 Å². The van der Waals surface area contributed by atoms with Crippen molar-refractivity contribution in [3.63, 3.8) is 0 Å². The van der Waals surface area contributed by atoms with Gasteiger partial charge in [0.15, 0.2) is 0 Å². The highest BCUT2D eigenvalue weighted by molar-refractivity contribution is 7.18. The molecule has 4 heteroatoms. The molecule has 2 aromatic rings. The lowest BCUT2D eigenvalue weighted by molar-refractivity contribution is 1.22. The molecule has 0 spiro atoms. The Labute approximate surface area is 74.5 Å². The van der Waals surface area contributed by atoms with Crippen LogP contribution < -0.4 is 5.32 Å². The molecule has 0 aromatic carbocycles. The average molecular weight is 179 g/mol. The summed E-state index contributed by atoms with van der Waals surface area (Å²) in [5, 5.41) is 4.15. The first-order chi connectivity index (χ1) is 5.81. The Hall–Kier alpha value is -1.16. The Morgan fingerprint density at radius 3 is 3.00 bits per heavy atom. The van der Waals surface area contributed by atoms with Crippen molar-refractivity contribution in [2.45, 2.75) is 6.92 Å². The Bertz CT molecular complexity index is 408. The van der Waals surface area contributed by atoms with Gasteiger partial charge in [0.2, 0.25) is 0 Å². The number of nitrogens with one attached hydrogen (secondary N) is 1. The van der Waals surface area contributed by atoms with Crippen molar-refractivity contribution in [2.24, 2.45) is 0 Å². The third-order valence-corrected chi connectivity index (χ3v) is 2.65. The summed E-state index contributed by atoms with van der Waals surface area (Å²) in [6.07, 6.45) is 1.59. The van der Waals surface area contributed by atoms with Crippen LogP contribution in [0.4, 0.5) is 5.82 Å². The molecule has 2 heterocycles. The van der Waals surface area contributed by atoms with E-state index in [2.05, 4.69) is 28.3 Å². The number of hydrogen-bond donors (Lipinski definition) is 1. The maximum atomic E-state index is 4.18. The molecule has 0 radical (unpaired) electrons. The topological polar surface area (TPSA) is 37.8 Å². The van der Waals surface area contributed by atoms with Gasteiger partial charge in [-0.1, -0.05) is 0 Å². The fraction of sp³-hybridized carbons (Fsp3) is 0.250. The molecule has 0 aliphatic heterocycles. The lowest BCUT2D eigenvalue weighted by Gasteiger charge is -1.97. The van der Waals surface area contributed by atoms with Gasteiger partial charge < -0.3 is 5.32 Å². The van der Waals surface area contributed by atoms with E-state index in [0.29, 0.717) is 0 Å². The molecule has 12 heavy (non-hydrogen) atoms. The normalized spacial score (nSPS) is 10.5. The first-order valence-electron chi connectivity index (χ1n) is 3.70. The molecule has 0 bridgehead atoms. The quantitative estimate of drug-likeness (QED) is 0.728. The Morgan fingerprint density at radius 1 is 1.42 bits per heavy atom. The van der Waals surface area contributed by atoms with Gasteiger partial charge in [-0.15, -0.1) is 11.3 Å². The van der Waals surface area contributed by atoms with E-state index < -0.39 is 0 Å². The number of nitrogens with zero attached hydrogens (tertiary/aromatic N) is 2. The maximum absolute atomic E-state index is 4.18. The van der Waals surface area contributed by atoms with Gasteiger partial charge in [-0.3, -0.25) is 0 Å². The predicted octanol–water partition coefficient (Wildman–Crippen LogP) is 2.04. The van der Waals surface area contributed by atoms with Crippen molar-refractivity contribution >= 4 is 27.4 Å². The van der Waals surface area contributed by atoms with Crippen molar-refractivity contribution < 1.29 is 0 Å². The molecule has 0 atom stereocenters. The van der Waals surface area contributed by atoms with E-state index >= 15 is 0 Å². The maximum Gasteiger partial charge on any atom is 0.137 e. The van der Waals surface area contributed by atoms with Crippen LogP contribution in [0.1, 0.15) is 4.88 Å². The van der Waals surface area contributed by atoms with Crippen LogP contribution in [0.25, 0.3) is 10.2 Å². The fourth-order valence-electron chi connectivity index (χ4n) is 1.18. The second-order valence-electron chi connectivity index (χ2n) is 2.55. The summed E-state index contributed by atoms with van der Waals surface area (Å²) >= 11 is 1.69. The van der Waals surface area contributed by atoms with E-state index in [1.54, 1.807) is 17.7 Å². The first kappa shape index (κ1) is 7.49. The monoisotopic (exact) mass is 179 g/mol. The summed E-state index contributed by atoms with van der Waals surface area (Å²) in [6.45, 7) is 2.08. The molecule has 0 fully saturated rings. The van der Waals surface area contributed by atoms with Gasteiger partial charge in [-0.2, -0.15) is 0 Å². The predicted molar refractivity (Wildman–Crippen MR) is 51.7 cm³/mol. The number of fused-ring (bicyclic) bond motifs is 1. The van der Waals surface area contributed by atoms with E-state index in [1.807, 2.05) is 7.05 Å². The Morgan fingerprint density at radius 2 is 2.25 bits per heavy atom. The molecule has 0 saturated heterocycles. The molecule has 1 N–H and O–H groups in total. The van der Waals surface area contributed by atoms with Gasteiger partial charge in [-0.05, 0) is 13.0 Å². The van der Waals surface area contributed by atoms with Crippen LogP contribution in [0, 0.1) is 6.92 Å². The largest absolute Gasteiger partial charge is 0.373 e. The number of aromatic nitrogens is 2. The molecule has 0 unspecified atom stereocenters. The second kappa shape index (κ2) is 2.71. The molecule has 2 aromatic heterocycles. The molecule has 0 saturated carbocycles. The van der Waals surface area contributed by atoms with Crippen molar-refractivity contribution in [3.8, 4) is 0 Å². The van der Waals surface area contributed by atoms with E-state index in [1.165, 1.54) is 4.88 Å². The second-order valence-corrected chi connectivity index (χ2v) is 3.78. The summed E-state index contributed by atoms with van der Waals surface area (Å²) < 4.78 is 0. The van der Waals surface area contributed by atoms with Gasteiger partial charge >= 0.3 is 0 Å². The Kier molecular flexibility index (Phi) is 1.69. The first-order valence-corrected chi connectivity index (χ1v) is 4.52. The zero-order valence-electron chi connectivity index (χ0n) is 6.96. The number of thiophene rings is 1. The smallest absolute Gasteiger partial charge is 0.137 e. The summed E-state index contributed by atoms with van der Waals surface area (Å²) in [7, 11) is 1.87. The third kappa shape index (κ3) is 1.04. The number of hydrogen-bond acceptors (Lipinski definition) is 4. The van der Waals surface area contributed by atoms with E-state index in [-0.39, 0.29) is 0 Å². The van der Waals surface area contributed by atoms with Crippen LogP contribution in [0.15, 0.2) is 12.4 Å². The minimum absolute atomic E-state index is 0.907. The van der Waals surface area contributed by atoms with Crippen LogP contribution in [-0.4, -0.2) is 17.0 Å². The van der Waals surface area contributed by atoms with E-state index in [4.69, 9.17) is 0 Å². The lowest BCUT2D eigenvalue weighted by atomic mass is 10.3. The van der Waals surface area contributed by atoms with Crippen molar-refractivity contribution in [1.29, 1.82) is 0 Å². The molecule has 3 nitrogen and oxygen atoms in total. The minimum Gasteiger partial charge on any atom is -0.373 e. The summed E-state index contributed by atoms with van der Waals surface area (Å²) in [6, 6.07) is 2.10. The molecule has 62 valence electrons. The average Bonchev–Trinajstić information content (AvgIpc) is 2.44. The van der Waals surface area contributed by atoms with Crippen molar-refractivity contribution in [1.82, 2.24) is 9.97 Å². The SMILES string of the molecule is CNc1ncnc2sc(C)cc12. The molecule has 0 aliphatic carbocycles. The minimum atomic E-state index is 0.907. The van der Waals surface area contributed by atoms with Crippen LogP contribution in [0.5, 0.6) is 0 Å². The lowest BCUT2D eigenvalue weighted by Crippen LogP contribution is -1.92. The van der Waals surface area contributed by atoms with Gasteiger partial charge in [-0.25, -0.2) is 9.97 Å². The van der Waals surface area contributed by atoms with Gasteiger partial charge in [0.05, 0.1) is 5.39 Å².